The first-order valence-electron chi connectivity index (χ1n) is 8.87. The summed E-state index contributed by atoms with van der Waals surface area (Å²) < 4.78 is 6.75. The van der Waals surface area contributed by atoms with Crippen molar-refractivity contribution >= 4 is 5.78 Å². The Morgan fingerprint density at radius 2 is 1.92 bits per heavy atom. The van der Waals surface area contributed by atoms with Crippen LogP contribution in [0.4, 0.5) is 0 Å². The van der Waals surface area contributed by atoms with Gasteiger partial charge < -0.3 is 15.4 Å². The number of nitrogens with one attached hydrogen (secondary N) is 2. The lowest BCUT2D eigenvalue weighted by molar-refractivity contribution is -0.202. The van der Waals surface area contributed by atoms with Gasteiger partial charge in [0.15, 0.2) is 5.78 Å². The molecule has 24 heavy (non-hydrogen) atoms. The van der Waals surface area contributed by atoms with Crippen LogP contribution in [-0.2, 0) is 4.74 Å². The highest BCUT2D eigenvalue weighted by Gasteiger charge is 2.56. The fourth-order valence-corrected chi connectivity index (χ4v) is 3.87. The van der Waals surface area contributed by atoms with Gasteiger partial charge in [-0.2, -0.15) is 0 Å². The van der Waals surface area contributed by atoms with Crippen LogP contribution in [0.5, 0.6) is 0 Å². The summed E-state index contributed by atoms with van der Waals surface area (Å²) in [6.07, 6.45) is 3.57. The summed E-state index contributed by atoms with van der Waals surface area (Å²) in [5.74, 6) is 0.0607. The molecule has 1 unspecified atom stereocenters. The van der Waals surface area contributed by atoms with Gasteiger partial charge in [-0.3, -0.25) is 9.78 Å². The molecule has 0 amide bonds. The first-order chi connectivity index (χ1) is 11.3. The van der Waals surface area contributed by atoms with Crippen molar-refractivity contribution in [1.82, 2.24) is 15.6 Å². The highest BCUT2D eigenvalue weighted by atomic mass is 16.5. The van der Waals surface area contributed by atoms with E-state index in [4.69, 9.17) is 4.74 Å². The smallest absolute Gasteiger partial charge is 0.196 e. The highest BCUT2D eigenvalue weighted by Crippen LogP contribution is 2.43. The summed E-state index contributed by atoms with van der Waals surface area (Å²) >= 11 is 0. The Bertz CT molecular complexity index is 612. The molecule has 2 N–H and O–H groups in total. The van der Waals surface area contributed by atoms with Crippen LogP contribution in [0.2, 0.25) is 0 Å². The zero-order valence-corrected chi connectivity index (χ0v) is 15.2. The number of piperidine rings is 1. The number of hydrogen-bond acceptors (Lipinski definition) is 5. The largest absolute Gasteiger partial charge is 0.357 e. The van der Waals surface area contributed by atoms with Crippen molar-refractivity contribution in [2.45, 2.75) is 51.7 Å². The second kappa shape index (κ2) is 6.21. The number of aromatic nitrogens is 1. The van der Waals surface area contributed by atoms with E-state index in [0.29, 0.717) is 12.1 Å². The highest BCUT2D eigenvalue weighted by molar-refractivity contribution is 6.03. The first-order valence-corrected chi connectivity index (χ1v) is 8.87. The van der Waals surface area contributed by atoms with Crippen molar-refractivity contribution in [3.8, 4) is 0 Å². The van der Waals surface area contributed by atoms with Gasteiger partial charge in [0.2, 0.25) is 0 Å². The SMILES string of the molecule is Cc1cc(C(=O)C2(C(C)(C)C)CNCC3(CCNCC3)O2)ccn1. The van der Waals surface area contributed by atoms with Gasteiger partial charge in [-0.1, -0.05) is 20.8 Å². The molecule has 0 bridgehead atoms. The van der Waals surface area contributed by atoms with Crippen molar-refractivity contribution in [2.75, 3.05) is 26.2 Å². The Morgan fingerprint density at radius 1 is 1.21 bits per heavy atom. The number of aryl methyl sites for hydroxylation is 1. The normalized spacial score (nSPS) is 27.2. The molecule has 1 spiro atoms. The van der Waals surface area contributed by atoms with Gasteiger partial charge in [-0.05, 0) is 50.4 Å². The van der Waals surface area contributed by atoms with Gasteiger partial charge in [0, 0.05) is 30.5 Å². The molecule has 3 rings (SSSR count). The average Bonchev–Trinajstić information content (AvgIpc) is 2.54. The molecule has 2 aliphatic rings. The molecule has 1 aromatic rings. The Balaban J connectivity index is 2.00. The number of carbonyl (C=O) groups excluding carboxylic acids is 1. The minimum absolute atomic E-state index is 0.0607. The lowest BCUT2D eigenvalue weighted by Crippen LogP contribution is -2.69. The van der Waals surface area contributed by atoms with Gasteiger partial charge >= 0.3 is 0 Å². The van der Waals surface area contributed by atoms with Crippen molar-refractivity contribution in [3.63, 3.8) is 0 Å². The van der Waals surface area contributed by atoms with Crippen LogP contribution in [-0.4, -0.2) is 48.1 Å². The zero-order valence-electron chi connectivity index (χ0n) is 15.2. The maximum Gasteiger partial charge on any atom is 0.196 e. The first kappa shape index (κ1) is 17.5. The summed E-state index contributed by atoms with van der Waals surface area (Å²) in [5.41, 5.74) is 0.104. The maximum absolute atomic E-state index is 13.5. The molecule has 2 aliphatic heterocycles. The number of carbonyl (C=O) groups is 1. The van der Waals surface area contributed by atoms with E-state index in [2.05, 4.69) is 36.4 Å². The van der Waals surface area contributed by atoms with Crippen LogP contribution < -0.4 is 10.6 Å². The van der Waals surface area contributed by atoms with E-state index in [1.54, 1.807) is 12.3 Å². The minimum atomic E-state index is -0.865. The van der Waals surface area contributed by atoms with Crippen molar-refractivity contribution in [1.29, 1.82) is 0 Å². The van der Waals surface area contributed by atoms with Crippen molar-refractivity contribution in [3.05, 3.63) is 29.6 Å². The molecule has 5 heteroatoms. The van der Waals surface area contributed by atoms with E-state index in [0.717, 1.165) is 38.2 Å². The molecule has 132 valence electrons. The molecule has 0 aliphatic carbocycles. The third-order valence-electron chi connectivity index (χ3n) is 5.46. The Labute approximate surface area is 144 Å². The predicted molar refractivity (Wildman–Crippen MR) is 94.3 cm³/mol. The fourth-order valence-electron chi connectivity index (χ4n) is 3.87. The van der Waals surface area contributed by atoms with Crippen LogP contribution in [0.25, 0.3) is 0 Å². The molecule has 2 saturated heterocycles. The van der Waals surface area contributed by atoms with E-state index in [9.17, 15) is 4.79 Å². The van der Waals surface area contributed by atoms with E-state index < -0.39 is 5.60 Å². The third-order valence-corrected chi connectivity index (χ3v) is 5.46. The molecule has 5 nitrogen and oxygen atoms in total. The van der Waals surface area contributed by atoms with E-state index in [1.165, 1.54) is 0 Å². The molecule has 3 heterocycles. The molecule has 0 radical (unpaired) electrons. The zero-order chi connectivity index (χ0) is 17.4. The van der Waals surface area contributed by atoms with Gasteiger partial charge in [-0.25, -0.2) is 0 Å². The molecule has 0 aromatic carbocycles. The van der Waals surface area contributed by atoms with Crippen molar-refractivity contribution < 1.29 is 9.53 Å². The van der Waals surface area contributed by atoms with Crippen molar-refractivity contribution in [2.24, 2.45) is 5.41 Å². The van der Waals surface area contributed by atoms with Gasteiger partial charge in [-0.15, -0.1) is 0 Å². The quantitative estimate of drug-likeness (QED) is 0.813. The molecule has 1 atom stereocenters. The summed E-state index contributed by atoms with van der Waals surface area (Å²) in [5, 5.41) is 6.91. The topological polar surface area (TPSA) is 63.2 Å². The van der Waals surface area contributed by atoms with Crippen LogP contribution in [0.15, 0.2) is 18.3 Å². The second-order valence-electron chi connectivity index (χ2n) is 8.23. The van der Waals surface area contributed by atoms with Crippen LogP contribution in [0.1, 0.15) is 49.7 Å². The average molecular weight is 331 g/mol. The summed E-state index contributed by atoms with van der Waals surface area (Å²) in [6.45, 7) is 11.4. The monoisotopic (exact) mass is 331 g/mol. The number of pyridine rings is 1. The van der Waals surface area contributed by atoms with Crippen LogP contribution >= 0.6 is 0 Å². The number of ketones is 1. The Kier molecular flexibility index (Phi) is 4.53. The van der Waals surface area contributed by atoms with Gasteiger partial charge in [0.25, 0.3) is 0 Å². The molecule has 1 aromatic heterocycles. The van der Waals surface area contributed by atoms with Crippen LogP contribution in [0.3, 0.4) is 0 Å². The summed E-state index contributed by atoms with van der Waals surface area (Å²) in [6, 6.07) is 3.67. The molecular formula is C19H29N3O2. The van der Waals surface area contributed by atoms with E-state index >= 15 is 0 Å². The number of hydrogen-bond donors (Lipinski definition) is 2. The fraction of sp³-hybridized carbons (Fsp3) is 0.684. The Morgan fingerprint density at radius 3 is 2.54 bits per heavy atom. The van der Waals surface area contributed by atoms with E-state index in [1.807, 2.05) is 13.0 Å². The summed E-state index contributed by atoms with van der Waals surface area (Å²) in [4.78, 5) is 17.8. The molecule has 0 saturated carbocycles. The maximum atomic E-state index is 13.5. The molecular weight excluding hydrogens is 302 g/mol. The van der Waals surface area contributed by atoms with Crippen LogP contribution in [0, 0.1) is 12.3 Å². The lowest BCUT2D eigenvalue weighted by atomic mass is 9.69. The van der Waals surface area contributed by atoms with E-state index in [-0.39, 0.29) is 16.8 Å². The number of rotatable bonds is 2. The van der Waals surface area contributed by atoms with Gasteiger partial charge in [0.1, 0.15) is 5.60 Å². The molecule has 2 fully saturated rings. The summed E-state index contributed by atoms with van der Waals surface area (Å²) in [7, 11) is 0. The third kappa shape index (κ3) is 3.01. The number of Topliss-reactive ketones (excluding diaryl/α,β-unsaturated/α-hetero) is 1. The van der Waals surface area contributed by atoms with Gasteiger partial charge in [0.05, 0.1) is 5.60 Å². The minimum Gasteiger partial charge on any atom is -0.357 e. The Hall–Kier alpha value is -1.30. The number of morpholine rings is 1. The lowest BCUT2D eigenvalue weighted by Gasteiger charge is -2.54. The number of nitrogens with zero attached hydrogens (tertiary/aromatic N) is 1. The predicted octanol–water partition coefficient (Wildman–Crippen LogP) is 2.10. The number of ether oxygens (including phenoxy) is 1. The second-order valence-corrected chi connectivity index (χ2v) is 8.23. The standard InChI is InChI=1S/C19H29N3O2/c1-14-11-15(5-8-22-14)16(23)19(17(2,3)4)13-21-12-18(24-19)6-9-20-10-7-18/h5,8,11,20-21H,6-7,9-10,12-13H2,1-4H3.